The van der Waals surface area contributed by atoms with E-state index < -0.39 is 17.8 Å². The highest BCUT2D eigenvalue weighted by Crippen LogP contribution is 2.39. The molecular weight excluding hydrogens is 439 g/mol. The summed E-state index contributed by atoms with van der Waals surface area (Å²) in [6.45, 7) is 0. The van der Waals surface area contributed by atoms with Gasteiger partial charge in [-0.05, 0) is 60.7 Å². The number of ether oxygens (including phenoxy) is 2. The largest absolute Gasteiger partial charge is 0.495 e. The summed E-state index contributed by atoms with van der Waals surface area (Å²) in [6.07, 6.45) is -4.62. The number of benzene rings is 3. The minimum Gasteiger partial charge on any atom is -0.495 e. The van der Waals surface area contributed by atoms with Crippen molar-refractivity contribution in [1.82, 2.24) is 5.32 Å². The molecule has 0 spiro atoms. The Balaban J connectivity index is 1.93. The monoisotopic (exact) mass is 459 g/mol. The Labute approximate surface area is 187 Å². The van der Waals surface area contributed by atoms with E-state index in [1.54, 1.807) is 24.3 Å². The van der Waals surface area contributed by atoms with Crippen LogP contribution in [0.5, 0.6) is 17.2 Å². The van der Waals surface area contributed by atoms with Crippen LogP contribution in [-0.4, -0.2) is 26.1 Å². The second-order valence-corrected chi connectivity index (χ2v) is 6.76. The molecule has 0 fully saturated rings. The van der Waals surface area contributed by atoms with Gasteiger partial charge in [0, 0.05) is 12.6 Å². The average Bonchev–Trinajstić information content (AvgIpc) is 2.79. The summed E-state index contributed by atoms with van der Waals surface area (Å²) in [5.74, 6) is 0.527. The fraction of sp³-hybridized carbons (Fsp3) is 0.130. The van der Waals surface area contributed by atoms with Crippen molar-refractivity contribution in [2.75, 3.05) is 19.1 Å². The molecule has 0 aromatic heterocycles. The standard InChI is InChI=1S/C23H20F3N3O4/c1-28-21(30)14-4-3-5-18(12-14)33-17-9-7-16(8-10-17)29(22(27)31)19-13-15(23(24,25)26)6-11-20(19)32-2/h3-13H,1-2H3,(H2,27,31)(H,28,30). The lowest BCUT2D eigenvalue weighted by molar-refractivity contribution is -0.137. The number of methoxy groups -OCH3 is 1. The molecule has 3 amide bonds. The molecule has 3 rings (SSSR count). The van der Waals surface area contributed by atoms with E-state index in [1.807, 2.05) is 0 Å². The lowest BCUT2D eigenvalue weighted by Gasteiger charge is -2.24. The van der Waals surface area contributed by atoms with Crippen molar-refractivity contribution < 1.29 is 32.2 Å². The molecule has 3 aromatic carbocycles. The molecule has 0 bridgehead atoms. The highest BCUT2D eigenvalue weighted by Gasteiger charge is 2.32. The van der Waals surface area contributed by atoms with Crippen LogP contribution in [-0.2, 0) is 6.18 Å². The lowest BCUT2D eigenvalue weighted by atomic mass is 10.1. The predicted molar refractivity (Wildman–Crippen MR) is 116 cm³/mol. The van der Waals surface area contributed by atoms with Gasteiger partial charge >= 0.3 is 12.2 Å². The Kier molecular flexibility index (Phi) is 6.76. The van der Waals surface area contributed by atoms with Crippen molar-refractivity contribution in [3.63, 3.8) is 0 Å². The van der Waals surface area contributed by atoms with E-state index in [1.165, 1.54) is 38.4 Å². The number of alkyl halides is 3. The molecule has 0 atom stereocenters. The number of nitrogens with one attached hydrogen (secondary N) is 1. The smallest absolute Gasteiger partial charge is 0.416 e. The Bertz CT molecular complexity index is 1160. The van der Waals surface area contributed by atoms with Crippen molar-refractivity contribution in [3.05, 3.63) is 77.9 Å². The van der Waals surface area contributed by atoms with Gasteiger partial charge in [-0.15, -0.1) is 0 Å². The summed E-state index contributed by atoms with van der Waals surface area (Å²) in [4.78, 5) is 24.9. The fourth-order valence-electron chi connectivity index (χ4n) is 3.07. The minimum atomic E-state index is -4.62. The van der Waals surface area contributed by atoms with Crippen molar-refractivity contribution in [2.24, 2.45) is 5.73 Å². The van der Waals surface area contributed by atoms with Gasteiger partial charge in [-0.2, -0.15) is 13.2 Å². The van der Waals surface area contributed by atoms with Crippen LogP contribution in [0.15, 0.2) is 66.7 Å². The van der Waals surface area contributed by atoms with Crippen LogP contribution in [0.3, 0.4) is 0 Å². The van der Waals surface area contributed by atoms with Gasteiger partial charge in [-0.25, -0.2) is 4.79 Å². The number of primary amides is 1. The zero-order valence-electron chi connectivity index (χ0n) is 17.6. The molecular formula is C23H20F3N3O4. The zero-order valence-corrected chi connectivity index (χ0v) is 17.6. The zero-order chi connectivity index (χ0) is 24.2. The van der Waals surface area contributed by atoms with Gasteiger partial charge in [0.25, 0.3) is 5.91 Å². The summed E-state index contributed by atoms with van der Waals surface area (Å²) in [5, 5.41) is 2.52. The summed E-state index contributed by atoms with van der Waals surface area (Å²) >= 11 is 0. The Morgan fingerprint density at radius 2 is 1.67 bits per heavy atom. The van der Waals surface area contributed by atoms with E-state index in [9.17, 15) is 22.8 Å². The van der Waals surface area contributed by atoms with E-state index in [4.69, 9.17) is 15.2 Å². The molecule has 0 radical (unpaired) electrons. The first-order valence-corrected chi connectivity index (χ1v) is 9.59. The van der Waals surface area contributed by atoms with Crippen molar-refractivity contribution >= 4 is 23.3 Å². The molecule has 3 N–H and O–H groups in total. The molecule has 0 heterocycles. The Morgan fingerprint density at radius 3 is 2.24 bits per heavy atom. The van der Waals surface area contributed by atoms with Gasteiger partial charge in [0.15, 0.2) is 0 Å². The van der Waals surface area contributed by atoms with Crippen molar-refractivity contribution in [1.29, 1.82) is 0 Å². The van der Waals surface area contributed by atoms with Crippen LogP contribution in [0.1, 0.15) is 15.9 Å². The van der Waals surface area contributed by atoms with Crippen LogP contribution in [0, 0.1) is 0 Å². The molecule has 172 valence electrons. The van der Waals surface area contributed by atoms with Crippen molar-refractivity contribution in [3.8, 4) is 17.2 Å². The normalized spacial score (nSPS) is 10.9. The fourth-order valence-corrected chi connectivity index (χ4v) is 3.07. The predicted octanol–water partition coefficient (Wildman–Crippen LogP) is 5.08. The van der Waals surface area contributed by atoms with Gasteiger partial charge in [0.1, 0.15) is 17.2 Å². The minimum absolute atomic E-state index is 0.0353. The first-order valence-electron chi connectivity index (χ1n) is 9.59. The number of rotatable bonds is 6. The van der Waals surface area contributed by atoms with Crippen LogP contribution < -0.4 is 25.4 Å². The average molecular weight is 459 g/mol. The molecule has 0 aliphatic rings. The van der Waals surface area contributed by atoms with Crippen LogP contribution in [0.4, 0.5) is 29.3 Å². The van der Waals surface area contributed by atoms with Gasteiger partial charge in [0.2, 0.25) is 0 Å². The number of halogens is 3. The molecule has 3 aromatic rings. The van der Waals surface area contributed by atoms with E-state index in [2.05, 4.69) is 5.32 Å². The number of carbonyl (C=O) groups excluding carboxylic acids is 2. The number of hydrogen-bond acceptors (Lipinski definition) is 4. The number of hydrogen-bond donors (Lipinski definition) is 2. The summed E-state index contributed by atoms with van der Waals surface area (Å²) < 4.78 is 50.5. The third kappa shape index (κ3) is 5.35. The molecule has 0 saturated carbocycles. The molecule has 0 unspecified atom stereocenters. The summed E-state index contributed by atoms with van der Waals surface area (Å²) in [5.41, 5.74) is 4.97. The van der Waals surface area contributed by atoms with Crippen LogP contribution >= 0.6 is 0 Å². The quantitative estimate of drug-likeness (QED) is 0.537. The lowest BCUT2D eigenvalue weighted by Crippen LogP contribution is -2.32. The van der Waals surface area contributed by atoms with E-state index in [-0.39, 0.29) is 23.0 Å². The molecule has 0 aliphatic heterocycles. The maximum absolute atomic E-state index is 13.2. The molecule has 10 heteroatoms. The molecule has 7 nitrogen and oxygen atoms in total. The highest BCUT2D eigenvalue weighted by atomic mass is 19.4. The first-order chi connectivity index (χ1) is 15.6. The number of urea groups is 1. The van der Waals surface area contributed by atoms with E-state index >= 15 is 0 Å². The third-order valence-corrected chi connectivity index (χ3v) is 4.62. The van der Waals surface area contributed by atoms with E-state index in [0.29, 0.717) is 17.1 Å². The highest BCUT2D eigenvalue weighted by molar-refractivity contribution is 6.00. The van der Waals surface area contributed by atoms with Crippen LogP contribution in [0.25, 0.3) is 0 Å². The second-order valence-electron chi connectivity index (χ2n) is 6.76. The second kappa shape index (κ2) is 9.51. The van der Waals surface area contributed by atoms with E-state index in [0.717, 1.165) is 23.1 Å². The summed E-state index contributed by atoms with van der Waals surface area (Å²) in [6, 6.07) is 14.2. The van der Waals surface area contributed by atoms with Gasteiger partial charge in [-0.3, -0.25) is 9.69 Å². The maximum Gasteiger partial charge on any atom is 0.416 e. The Morgan fingerprint density at radius 1 is 0.970 bits per heavy atom. The molecule has 0 aliphatic carbocycles. The number of nitrogens with zero attached hydrogens (tertiary/aromatic N) is 1. The molecule has 33 heavy (non-hydrogen) atoms. The number of amides is 3. The number of carbonyl (C=O) groups is 2. The first kappa shape index (κ1) is 23.5. The van der Waals surface area contributed by atoms with Gasteiger partial charge in [0.05, 0.1) is 24.0 Å². The Hall–Kier alpha value is -4.21. The topological polar surface area (TPSA) is 93.9 Å². The maximum atomic E-state index is 13.2. The van der Waals surface area contributed by atoms with Gasteiger partial charge < -0.3 is 20.5 Å². The van der Waals surface area contributed by atoms with Gasteiger partial charge in [-0.1, -0.05) is 6.07 Å². The SMILES string of the molecule is CNC(=O)c1cccc(Oc2ccc(N(C(N)=O)c3cc(C(F)(F)F)ccc3OC)cc2)c1. The third-order valence-electron chi connectivity index (χ3n) is 4.62. The van der Waals surface area contributed by atoms with Crippen LogP contribution in [0.2, 0.25) is 0 Å². The summed E-state index contributed by atoms with van der Waals surface area (Å²) in [7, 11) is 2.79. The van der Waals surface area contributed by atoms with Crippen molar-refractivity contribution in [2.45, 2.75) is 6.18 Å². The molecule has 0 saturated heterocycles. The number of anilines is 2. The number of nitrogens with two attached hydrogens (primary N) is 1.